The maximum absolute atomic E-state index is 13.9. The van der Waals surface area contributed by atoms with Crippen LogP contribution in [0.15, 0.2) is 42.5 Å². The van der Waals surface area contributed by atoms with Gasteiger partial charge >= 0.3 is 0 Å². The minimum absolute atomic E-state index is 0.122. The summed E-state index contributed by atoms with van der Waals surface area (Å²) in [4.78, 5) is 27.4. The topological polar surface area (TPSA) is 49.4 Å². The van der Waals surface area contributed by atoms with Crippen LogP contribution in [-0.4, -0.2) is 35.1 Å². The molecule has 0 heterocycles. The first kappa shape index (κ1) is 25.5. The Balaban J connectivity index is 2.17. The molecule has 8 heteroatoms. The van der Waals surface area contributed by atoms with E-state index >= 15 is 0 Å². The van der Waals surface area contributed by atoms with E-state index in [1.165, 1.54) is 17.8 Å². The number of hydrogen-bond acceptors (Lipinski definition) is 3. The fourth-order valence-electron chi connectivity index (χ4n) is 3.07. The van der Waals surface area contributed by atoms with Crippen LogP contribution in [0.1, 0.15) is 37.8 Å². The van der Waals surface area contributed by atoms with Gasteiger partial charge in [-0.3, -0.25) is 9.59 Å². The molecule has 1 atom stereocenters. The maximum Gasteiger partial charge on any atom is 0.242 e. The molecule has 1 N–H and O–H groups in total. The van der Waals surface area contributed by atoms with Gasteiger partial charge in [-0.1, -0.05) is 61.3 Å². The van der Waals surface area contributed by atoms with Gasteiger partial charge in [-0.25, -0.2) is 4.39 Å². The Kier molecular flexibility index (Phi) is 10.6. The summed E-state index contributed by atoms with van der Waals surface area (Å²) in [7, 11) is 0. The molecular formula is C23H27Cl2FN2O2S. The van der Waals surface area contributed by atoms with Gasteiger partial charge in [0.05, 0.1) is 5.75 Å². The third-order valence-corrected chi connectivity index (χ3v) is 6.29. The maximum atomic E-state index is 13.9. The van der Waals surface area contributed by atoms with Crippen molar-refractivity contribution >= 4 is 46.8 Å². The number of hydrogen-bond donors (Lipinski definition) is 1. The average Bonchev–Trinajstić information content (AvgIpc) is 2.74. The van der Waals surface area contributed by atoms with E-state index in [9.17, 15) is 14.0 Å². The van der Waals surface area contributed by atoms with Crippen molar-refractivity contribution in [2.24, 2.45) is 0 Å². The third kappa shape index (κ3) is 7.70. The Bertz CT molecular complexity index is 898. The highest BCUT2D eigenvalue weighted by atomic mass is 35.5. The Morgan fingerprint density at radius 3 is 2.52 bits per heavy atom. The molecule has 0 saturated heterocycles. The summed E-state index contributed by atoms with van der Waals surface area (Å²) in [5.41, 5.74) is 1.25. The van der Waals surface area contributed by atoms with Crippen molar-refractivity contribution in [2.45, 2.75) is 45.0 Å². The van der Waals surface area contributed by atoms with E-state index < -0.39 is 6.04 Å². The Morgan fingerprint density at radius 2 is 1.87 bits per heavy atom. The lowest BCUT2D eigenvalue weighted by Crippen LogP contribution is -2.49. The van der Waals surface area contributed by atoms with Crippen LogP contribution in [0.3, 0.4) is 0 Å². The van der Waals surface area contributed by atoms with Crippen LogP contribution in [0.2, 0.25) is 10.0 Å². The van der Waals surface area contributed by atoms with Crippen LogP contribution in [0.5, 0.6) is 0 Å². The lowest BCUT2D eigenvalue weighted by Gasteiger charge is -2.31. The normalized spacial score (nSPS) is 11.8. The van der Waals surface area contributed by atoms with E-state index in [4.69, 9.17) is 23.2 Å². The molecule has 0 spiro atoms. The van der Waals surface area contributed by atoms with Gasteiger partial charge in [0, 0.05) is 28.9 Å². The molecule has 0 saturated carbocycles. The van der Waals surface area contributed by atoms with Crippen molar-refractivity contribution in [1.29, 1.82) is 0 Å². The minimum atomic E-state index is -0.625. The van der Waals surface area contributed by atoms with Gasteiger partial charge in [0.1, 0.15) is 11.9 Å². The number of carbonyl (C=O) groups is 2. The lowest BCUT2D eigenvalue weighted by molar-refractivity contribution is -0.139. The minimum Gasteiger partial charge on any atom is -0.354 e. The molecule has 2 aromatic rings. The second-order valence-corrected chi connectivity index (χ2v) is 8.89. The first-order valence-electron chi connectivity index (χ1n) is 10.2. The van der Waals surface area contributed by atoms with Crippen LogP contribution in [0, 0.1) is 5.82 Å². The average molecular weight is 485 g/mol. The zero-order chi connectivity index (χ0) is 22.8. The smallest absolute Gasteiger partial charge is 0.242 e. The summed E-state index contributed by atoms with van der Waals surface area (Å²) in [6.45, 7) is 4.57. The van der Waals surface area contributed by atoms with E-state index in [2.05, 4.69) is 5.32 Å². The molecule has 0 unspecified atom stereocenters. The van der Waals surface area contributed by atoms with E-state index in [1.54, 1.807) is 41.3 Å². The quantitative estimate of drug-likeness (QED) is 0.444. The fraction of sp³-hybridized carbons (Fsp3) is 0.391. The van der Waals surface area contributed by atoms with Crippen LogP contribution < -0.4 is 5.32 Å². The number of carbonyl (C=O) groups excluding carboxylic acids is 2. The molecule has 0 radical (unpaired) electrons. The SMILES string of the molecule is CCCNC(=O)[C@@H](CC)N(Cc1ccc(Cl)cc1Cl)C(=O)CSCc1ccccc1F. The molecule has 2 aromatic carbocycles. The van der Waals surface area contributed by atoms with E-state index in [0.717, 1.165) is 6.42 Å². The third-order valence-electron chi connectivity index (χ3n) is 4.73. The number of benzene rings is 2. The Hall–Kier alpha value is -1.76. The second kappa shape index (κ2) is 12.9. The highest BCUT2D eigenvalue weighted by Gasteiger charge is 2.28. The first-order valence-corrected chi connectivity index (χ1v) is 12.1. The van der Waals surface area contributed by atoms with Crippen LogP contribution in [0.4, 0.5) is 4.39 Å². The van der Waals surface area contributed by atoms with Crippen molar-refractivity contribution in [3.63, 3.8) is 0 Å². The highest BCUT2D eigenvalue weighted by molar-refractivity contribution is 7.99. The summed E-state index contributed by atoms with van der Waals surface area (Å²) < 4.78 is 13.9. The molecule has 168 valence electrons. The predicted octanol–water partition coefficient (Wildman–Crippen LogP) is 5.70. The molecular weight excluding hydrogens is 458 g/mol. The largest absolute Gasteiger partial charge is 0.354 e. The molecule has 0 bridgehead atoms. The highest BCUT2D eigenvalue weighted by Crippen LogP contribution is 2.24. The van der Waals surface area contributed by atoms with Crippen molar-refractivity contribution in [3.05, 3.63) is 69.5 Å². The fourth-order valence-corrected chi connectivity index (χ4v) is 4.43. The van der Waals surface area contributed by atoms with E-state index in [-0.39, 0.29) is 29.9 Å². The summed E-state index contributed by atoms with van der Waals surface area (Å²) in [6, 6.07) is 11.0. The van der Waals surface area contributed by atoms with Gasteiger partial charge in [0.2, 0.25) is 11.8 Å². The van der Waals surface area contributed by atoms with Gasteiger partial charge in [-0.15, -0.1) is 11.8 Å². The number of nitrogens with one attached hydrogen (secondary N) is 1. The summed E-state index contributed by atoms with van der Waals surface area (Å²) in [6.07, 6.45) is 1.27. The molecule has 4 nitrogen and oxygen atoms in total. The first-order chi connectivity index (χ1) is 14.9. The summed E-state index contributed by atoms with van der Waals surface area (Å²) in [5, 5.41) is 3.81. The van der Waals surface area contributed by atoms with Gasteiger partial charge in [0.25, 0.3) is 0 Å². The van der Waals surface area contributed by atoms with Crippen molar-refractivity contribution in [2.75, 3.05) is 12.3 Å². The zero-order valence-electron chi connectivity index (χ0n) is 17.7. The molecule has 0 aromatic heterocycles. The van der Waals surface area contributed by atoms with Crippen LogP contribution in [-0.2, 0) is 21.9 Å². The number of nitrogens with zero attached hydrogens (tertiary/aromatic N) is 1. The number of rotatable bonds is 11. The van der Waals surface area contributed by atoms with Gasteiger partial charge < -0.3 is 10.2 Å². The molecule has 0 aliphatic carbocycles. The Morgan fingerprint density at radius 1 is 1.13 bits per heavy atom. The second-order valence-electron chi connectivity index (χ2n) is 7.06. The van der Waals surface area contributed by atoms with Gasteiger partial charge in [-0.2, -0.15) is 0 Å². The van der Waals surface area contributed by atoms with Crippen molar-refractivity contribution < 1.29 is 14.0 Å². The van der Waals surface area contributed by atoms with E-state index in [1.807, 2.05) is 13.8 Å². The van der Waals surface area contributed by atoms with Gasteiger partial charge in [-0.05, 0) is 42.2 Å². The van der Waals surface area contributed by atoms with Crippen molar-refractivity contribution in [1.82, 2.24) is 10.2 Å². The number of amides is 2. The molecule has 0 aliphatic rings. The standard InChI is InChI=1S/C23H27Cl2FN2O2S/c1-3-11-27-23(30)21(4-2)28(13-16-9-10-18(24)12-19(16)25)22(29)15-31-14-17-7-5-6-8-20(17)26/h5-10,12,21H,3-4,11,13-15H2,1-2H3,(H,27,30)/t21-/m1/s1. The van der Waals surface area contributed by atoms with Crippen LogP contribution in [0.25, 0.3) is 0 Å². The molecule has 31 heavy (non-hydrogen) atoms. The zero-order valence-corrected chi connectivity index (χ0v) is 20.0. The molecule has 0 fully saturated rings. The van der Waals surface area contributed by atoms with E-state index in [0.29, 0.717) is 39.9 Å². The Labute approximate surface area is 197 Å². The molecule has 2 rings (SSSR count). The molecule has 0 aliphatic heterocycles. The summed E-state index contributed by atoms with van der Waals surface area (Å²) in [5.74, 6) is -0.200. The predicted molar refractivity (Wildman–Crippen MR) is 127 cm³/mol. The molecule has 2 amide bonds. The summed E-state index contributed by atoms with van der Waals surface area (Å²) >= 11 is 13.6. The number of thioether (sulfide) groups is 1. The van der Waals surface area contributed by atoms with Crippen LogP contribution >= 0.6 is 35.0 Å². The lowest BCUT2D eigenvalue weighted by atomic mass is 10.1. The van der Waals surface area contributed by atoms with Crippen molar-refractivity contribution in [3.8, 4) is 0 Å². The van der Waals surface area contributed by atoms with Gasteiger partial charge in [0.15, 0.2) is 0 Å². The monoisotopic (exact) mass is 484 g/mol. The number of halogens is 3.